The van der Waals surface area contributed by atoms with E-state index in [9.17, 15) is 39.1 Å². The van der Waals surface area contributed by atoms with Gasteiger partial charge >= 0.3 is 11.9 Å². The molecule has 0 saturated carbocycles. The Morgan fingerprint density at radius 2 is 1.87 bits per heavy atom. The van der Waals surface area contributed by atoms with Gasteiger partial charge in [-0.3, -0.25) is 28.9 Å². The molecule has 5 rings (SSSR count). The minimum absolute atomic E-state index is 0.0215. The first-order valence-electron chi connectivity index (χ1n) is 13.7. The quantitative estimate of drug-likeness (QED) is 0.0640. The number of amides is 4. The number of hydrogen-bond donors (Lipinski definition) is 6. The summed E-state index contributed by atoms with van der Waals surface area (Å²) in [6.07, 6.45) is 1.44. The summed E-state index contributed by atoms with van der Waals surface area (Å²) in [6.45, 7) is 0.656. The fourth-order valence-electron chi connectivity index (χ4n) is 5.09. The molecule has 0 bridgehead atoms. The van der Waals surface area contributed by atoms with Gasteiger partial charge in [-0.25, -0.2) is 9.78 Å². The number of nitrogens with two attached hydrogens (primary N) is 1. The summed E-state index contributed by atoms with van der Waals surface area (Å²) in [4.78, 5) is 80.4. The Kier molecular flexibility index (Phi) is 9.38. The molecule has 2 aromatic rings. The van der Waals surface area contributed by atoms with Crippen molar-refractivity contribution in [3.8, 4) is 0 Å². The smallest absolute Gasteiger partial charge is 0.352 e. The van der Waals surface area contributed by atoms with E-state index in [-0.39, 0.29) is 53.1 Å². The number of carboxylic acids is 2. The topological polar surface area (TPSA) is 245 Å². The Hall–Kier alpha value is -5.23. The van der Waals surface area contributed by atoms with E-state index >= 15 is 0 Å². The number of carbonyl (C=O) groups is 6. The lowest BCUT2D eigenvalue weighted by atomic mass is 10.0. The second-order valence-electron chi connectivity index (χ2n) is 10.3. The van der Waals surface area contributed by atoms with E-state index in [0.29, 0.717) is 24.2 Å². The Morgan fingerprint density at radius 3 is 2.50 bits per heavy atom. The predicted octanol–water partition coefficient (Wildman–Crippen LogP) is 0.804. The van der Waals surface area contributed by atoms with Gasteiger partial charge in [-0.1, -0.05) is 17.3 Å². The van der Waals surface area contributed by atoms with Gasteiger partial charge < -0.3 is 36.7 Å². The summed E-state index contributed by atoms with van der Waals surface area (Å²) in [6, 6.07) is 5.68. The third-order valence-corrected chi connectivity index (χ3v) is 9.28. The summed E-state index contributed by atoms with van der Waals surface area (Å²) in [5.74, 6) is -4.53. The van der Waals surface area contributed by atoms with E-state index in [1.54, 1.807) is 29.2 Å². The van der Waals surface area contributed by atoms with E-state index in [2.05, 4.69) is 20.8 Å². The van der Waals surface area contributed by atoms with Crippen molar-refractivity contribution in [2.45, 2.75) is 37.2 Å². The summed E-state index contributed by atoms with van der Waals surface area (Å²) >= 11 is 2.25. The summed E-state index contributed by atoms with van der Waals surface area (Å²) in [7, 11) is 0. The highest BCUT2D eigenvalue weighted by atomic mass is 32.2. The van der Waals surface area contributed by atoms with Gasteiger partial charge in [0, 0.05) is 41.9 Å². The van der Waals surface area contributed by atoms with E-state index in [1.165, 1.54) is 23.2 Å². The van der Waals surface area contributed by atoms with Crippen molar-refractivity contribution in [1.82, 2.24) is 20.1 Å². The largest absolute Gasteiger partial charge is 0.481 e. The fourth-order valence-corrected chi connectivity index (χ4v) is 6.95. The number of carboxylic acid groups (broad SMARTS) is 2. The maximum atomic E-state index is 13.2. The number of thiazole rings is 1. The van der Waals surface area contributed by atoms with Crippen molar-refractivity contribution < 1.29 is 44.2 Å². The first kappa shape index (κ1) is 32.2. The highest BCUT2D eigenvalue weighted by Gasteiger charge is 2.54. The highest BCUT2D eigenvalue weighted by Crippen LogP contribution is 2.41. The molecule has 2 saturated heterocycles. The number of benzene rings is 1. The number of fused-ring (bicyclic) bond motifs is 1. The standard InChI is InChI=1S/C28H27N7O9S2/c29-28-31-17(12-46-28)20(33-44)23(39)32-21-25(41)35-22(27(42)43)15(11-45-26(21)35)9-14-7-8-34(24(14)40)10-13-1-3-16(4-2-13)30-18(36)5-6-19(37)38/h1-4,9,12,21,26,44H,5-8,10-11H2,(H2,29,31)(H,30,36)(H,32,39)(H,37,38)(H,42,43)/t21-,26-/m1/s1. The lowest BCUT2D eigenvalue weighted by Gasteiger charge is -2.49. The molecule has 0 unspecified atom stereocenters. The van der Waals surface area contributed by atoms with Gasteiger partial charge in [-0.05, 0) is 35.8 Å². The lowest BCUT2D eigenvalue weighted by molar-refractivity contribution is -0.150. The van der Waals surface area contributed by atoms with Gasteiger partial charge in [0.2, 0.25) is 11.8 Å². The average molecular weight is 670 g/mol. The molecule has 16 nitrogen and oxygen atoms in total. The molecule has 2 atom stereocenters. The van der Waals surface area contributed by atoms with Crippen molar-refractivity contribution in [3.05, 3.63) is 63.8 Å². The molecule has 0 spiro atoms. The van der Waals surface area contributed by atoms with Crippen LogP contribution in [0.2, 0.25) is 0 Å². The Morgan fingerprint density at radius 1 is 1.13 bits per heavy atom. The van der Waals surface area contributed by atoms with Crippen LogP contribution in [0.4, 0.5) is 10.8 Å². The first-order chi connectivity index (χ1) is 22.0. The number of nitrogen functional groups attached to an aromatic ring is 1. The minimum atomic E-state index is -1.36. The van der Waals surface area contributed by atoms with Gasteiger partial charge in [0.1, 0.15) is 22.8 Å². The number of allylic oxidation sites excluding steroid dienone is 1. The number of β-lactam (4-membered cyclic amide) rings is 1. The van der Waals surface area contributed by atoms with Gasteiger partial charge in [-0.15, -0.1) is 23.1 Å². The van der Waals surface area contributed by atoms with Crippen LogP contribution in [0, 0.1) is 0 Å². The molecule has 7 N–H and O–H groups in total. The first-order valence-corrected chi connectivity index (χ1v) is 15.7. The normalized spacial score (nSPS) is 20.4. The van der Waals surface area contributed by atoms with Crippen molar-refractivity contribution >= 4 is 75.2 Å². The van der Waals surface area contributed by atoms with Crippen molar-refractivity contribution in [2.75, 3.05) is 23.3 Å². The maximum absolute atomic E-state index is 13.2. The number of nitrogens with one attached hydrogen (secondary N) is 2. The van der Waals surface area contributed by atoms with Crippen LogP contribution in [0.25, 0.3) is 0 Å². The van der Waals surface area contributed by atoms with Crippen LogP contribution in [-0.2, 0) is 35.3 Å². The zero-order chi connectivity index (χ0) is 33.1. The highest BCUT2D eigenvalue weighted by molar-refractivity contribution is 8.00. The number of oxime groups is 1. The molecule has 0 aliphatic carbocycles. The summed E-state index contributed by atoms with van der Waals surface area (Å²) in [5.41, 5.74) is 6.83. The molecular weight excluding hydrogens is 642 g/mol. The molecule has 2 fully saturated rings. The molecule has 1 aromatic heterocycles. The van der Waals surface area contributed by atoms with Crippen molar-refractivity contribution in [3.63, 3.8) is 0 Å². The minimum Gasteiger partial charge on any atom is -0.481 e. The maximum Gasteiger partial charge on any atom is 0.352 e. The van der Waals surface area contributed by atoms with Crippen molar-refractivity contribution in [2.24, 2.45) is 5.16 Å². The van der Waals surface area contributed by atoms with Gasteiger partial charge in [0.05, 0.1) is 6.42 Å². The number of thioether (sulfide) groups is 1. The number of hydrogen-bond acceptors (Lipinski definition) is 12. The van der Waals surface area contributed by atoms with Crippen molar-refractivity contribution in [1.29, 1.82) is 0 Å². The molecule has 240 valence electrons. The third-order valence-electron chi connectivity index (χ3n) is 7.31. The zero-order valence-electron chi connectivity index (χ0n) is 23.8. The van der Waals surface area contributed by atoms with Crippen LogP contribution in [-0.4, -0.2) is 95.2 Å². The molecule has 3 aliphatic heterocycles. The third kappa shape index (κ3) is 6.71. The molecule has 18 heteroatoms. The van der Waals surface area contributed by atoms with Crippen LogP contribution >= 0.6 is 23.1 Å². The van der Waals surface area contributed by atoms with Crippen LogP contribution in [0.15, 0.2) is 57.7 Å². The van der Waals surface area contributed by atoms with E-state index in [4.69, 9.17) is 10.8 Å². The summed E-state index contributed by atoms with van der Waals surface area (Å²) in [5, 5.41) is 37.0. The van der Waals surface area contributed by atoms with E-state index in [1.807, 2.05) is 0 Å². The summed E-state index contributed by atoms with van der Waals surface area (Å²) < 4.78 is 0. The Balaban J connectivity index is 1.23. The Labute approximate surface area is 268 Å². The van der Waals surface area contributed by atoms with Crippen LogP contribution in [0.1, 0.15) is 30.5 Å². The molecular formula is C28H27N7O9S2. The number of likely N-dealkylation sites (tertiary alicyclic amines) is 1. The van der Waals surface area contributed by atoms with E-state index < -0.39 is 46.8 Å². The Bertz CT molecular complexity index is 1720. The van der Waals surface area contributed by atoms with Gasteiger partial charge in [0.25, 0.3) is 11.8 Å². The number of aromatic nitrogens is 1. The number of carbonyl (C=O) groups excluding carboxylic acids is 4. The second kappa shape index (κ2) is 13.4. The van der Waals surface area contributed by atoms with Gasteiger partial charge in [-0.2, -0.15) is 0 Å². The molecule has 0 radical (unpaired) electrons. The number of anilines is 2. The fraction of sp³-hybridized carbons (Fsp3) is 0.286. The number of nitrogens with zero attached hydrogens (tertiary/aromatic N) is 4. The molecule has 4 heterocycles. The van der Waals surface area contributed by atoms with Crippen LogP contribution < -0.4 is 16.4 Å². The van der Waals surface area contributed by atoms with Crippen LogP contribution in [0.5, 0.6) is 0 Å². The molecule has 46 heavy (non-hydrogen) atoms. The molecule has 4 amide bonds. The SMILES string of the molecule is Nc1nc(C(=NO)C(=O)N[C@@H]2C(=O)N3C(C(=O)O)=C(C=C4CCN(Cc5ccc(NC(=O)CCC(=O)O)cc5)C4=O)CS[C@H]23)cs1. The zero-order valence-corrected chi connectivity index (χ0v) is 25.5. The lowest BCUT2D eigenvalue weighted by Crippen LogP contribution is -2.71. The average Bonchev–Trinajstić information content (AvgIpc) is 3.60. The predicted molar refractivity (Wildman–Crippen MR) is 165 cm³/mol. The second-order valence-corrected chi connectivity index (χ2v) is 12.3. The van der Waals surface area contributed by atoms with Crippen LogP contribution in [0.3, 0.4) is 0 Å². The molecule has 1 aromatic carbocycles. The van der Waals surface area contributed by atoms with Gasteiger partial charge in [0.15, 0.2) is 10.8 Å². The molecule has 3 aliphatic rings. The van der Waals surface area contributed by atoms with E-state index in [0.717, 1.165) is 21.8 Å². The monoisotopic (exact) mass is 669 g/mol. The number of rotatable bonds is 11. The number of aliphatic carboxylic acids is 2.